The highest BCUT2D eigenvalue weighted by Crippen LogP contribution is 2.18. The number of unbranched alkanes of at least 4 members (excludes halogenated alkanes) is 8. The number of hydrogen-bond acceptors (Lipinski definition) is 1. The van der Waals surface area contributed by atoms with Gasteiger partial charge in [0.05, 0.1) is 26.2 Å². The number of aliphatic hydroxyl groups excluding tert-OH is 1. The van der Waals surface area contributed by atoms with Crippen LogP contribution in [-0.4, -0.2) is 42.4 Å². The van der Waals surface area contributed by atoms with Crippen molar-refractivity contribution in [2.75, 3.05) is 32.8 Å². The maximum Gasteiger partial charge on any atom is 0.0808 e. The first kappa shape index (κ1) is 25.9. The van der Waals surface area contributed by atoms with E-state index in [0.29, 0.717) is 6.61 Å². The van der Waals surface area contributed by atoms with Gasteiger partial charge in [0.25, 0.3) is 0 Å². The third kappa shape index (κ3) is 14.7. The fraction of sp³-hybridized carbons (Fsp3) is 1.00. The molecule has 23 heavy (non-hydrogen) atoms. The summed E-state index contributed by atoms with van der Waals surface area (Å²) in [6.07, 6.45) is 15.9. The Balaban J connectivity index is 0. The van der Waals surface area contributed by atoms with Gasteiger partial charge in [0, 0.05) is 13.0 Å². The lowest BCUT2D eigenvalue weighted by atomic mass is 10.1. The molecule has 0 aromatic heterocycles. The second-order valence-electron chi connectivity index (χ2n) is 7.14. The Kier molecular flexibility index (Phi) is 21.4. The molecule has 0 radical (unpaired) electrons. The number of rotatable bonds is 17. The van der Waals surface area contributed by atoms with Crippen molar-refractivity contribution in [2.24, 2.45) is 0 Å². The standard InChI is InChI=1S/C20H44NO.HI/c1-4-7-10-13-17-21(19-15-20-22,16-12-9-6-3)18-14-11-8-5-2;/h22H,4-20H2,1-3H3;1H/q+1;/p-1. The van der Waals surface area contributed by atoms with Crippen molar-refractivity contribution in [3.8, 4) is 0 Å². The lowest BCUT2D eigenvalue weighted by Crippen LogP contribution is -3.00. The summed E-state index contributed by atoms with van der Waals surface area (Å²) in [5.41, 5.74) is 0. The molecule has 0 saturated heterocycles. The zero-order valence-corrected chi connectivity index (χ0v) is 18.5. The van der Waals surface area contributed by atoms with Crippen LogP contribution in [0.3, 0.4) is 0 Å². The van der Waals surface area contributed by atoms with E-state index in [1.54, 1.807) is 0 Å². The lowest BCUT2D eigenvalue weighted by molar-refractivity contribution is -0.929. The van der Waals surface area contributed by atoms with Crippen LogP contribution in [0.15, 0.2) is 0 Å². The van der Waals surface area contributed by atoms with Gasteiger partial charge in [-0.1, -0.05) is 52.9 Å². The van der Waals surface area contributed by atoms with Crippen molar-refractivity contribution >= 4 is 0 Å². The molecular weight excluding hydrogens is 397 g/mol. The zero-order valence-electron chi connectivity index (χ0n) is 16.3. The Labute approximate surface area is 164 Å². The average molecular weight is 441 g/mol. The molecule has 0 amide bonds. The maximum absolute atomic E-state index is 9.31. The number of halogens is 1. The molecule has 0 rings (SSSR count). The fourth-order valence-electron chi connectivity index (χ4n) is 3.52. The van der Waals surface area contributed by atoms with E-state index in [1.807, 2.05) is 0 Å². The largest absolute Gasteiger partial charge is 1.00 e. The summed E-state index contributed by atoms with van der Waals surface area (Å²) in [7, 11) is 0. The van der Waals surface area contributed by atoms with Gasteiger partial charge in [-0.3, -0.25) is 0 Å². The minimum absolute atomic E-state index is 0. The summed E-state index contributed by atoms with van der Waals surface area (Å²) in [5, 5.41) is 9.31. The number of quaternary nitrogens is 1. The van der Waals surface area contributed by atoms with Gasteiger partial charge in [0.15, 0.2) is 0 Å². The second kappa shape index (κ2) is 19.0. The van der Waals surface area contributed by atoms with Crippen molar-refractivity contribution in [3.63, 3.8) is 0 Å². The smallest absolute Gasteiger partial charge is 0.0808 e. The van der Waals surface area contributed by atoms with Crippen LogP contribution in [0.4, 0.5) is 0 Å². The molecule has 0 unspecified atom stereocenters. The first-order chi connectivity index (χ1) is 10.7. The van der Waals surface area contributed by atoms with Gasteiger partial charge < -0.3 is 33.6 Å². The second-order valence-corrected chi connectivity index (χ2v) is 7.14. The lowest BCUT2D eigenvalue weighted by Gasteiger charge is -2.39. The Hall–Kier alpha value is 0.650. The minimum Gasteiger partial charge on any atom is -1.00 e. The van der Waals surface area contributed by atoms with E-state index in [4.69, 9.17) is 0 Å². The molecule has 0 saturated carbocycles. The third-order valence-corrected chi connectivity index (χ3v) is 5.00. The third-order valence-electron chi connectivity index (χ3n) is 5.00. The highest BCUT2D eigenvalue weighted by Gasteiger charge is 2.25. The highest BCUT2D eigenvalue weighted by molar-refractivity contribution is 4.52. The van der Waals surface area contributed by atoms with Crippen molar-refractivity contribution in [2.45, 2.75) is 97.8 Å². The summed E-state index contributed by atoms with van der Waals surface area (Å²) in [5.74, 6) is 0. The molecule has 0 bridgehead atoms. The molecule has 0 aliphatic rings. The van der Waals surface area contributed by atoms with Crippen molar-refractivity contribution < 1.29 is 33.6 Å². The van der Waals surface area contributed by atoms with E-state index >= 15 is 0 Å². The van der Waals surface area contributed by atoms with Crippen molar-refractivity contribution in [1.29, 1.82) is 0 Å². The van der Waals surface area contributed by atoms with Crippen LogP contribution >= 0.6 is 0 Å². The summed E-state index contributed by atoms with van der Waals surface area (Å²) in [4.78, 5) is 0. The summed E-state index contributed by atoms with van der Waals surface area (Å²) in [6, 6.07) is 0. The van der Waals surface area contributed by atoms with Crippen LogP contribution in [0.5, 0.6) is 0 Å². The molecule has 0 fully saturated rings. The molecule has 3 heteroatoms. The van der Waals surface area contributed by atoms with E-state index in [0.717, 1.165) is 6.42 Å². The van der Waals surface area contributed by atoms with Gasteiger partial charge in [0.2, 0.25) is 0 Å². The van der Waals surface area contributed by atoms with Crippen LogP contribution in [0, 0.1) is 0 Å². The first-order valence-electron chi connectivity index (χ1n) is 10.2. The molecule has 2 nitrogen and oxygen atoms in total. The summed E-state index contributed by atoms with van der Waals surface area (Å²) < 4.78 is 1.29. The number of hydrogen-bond donors (Lipinski definition) is 1. The SMILES string of the molecule is CCCCCC[N+](CCCO)(CCCCC)CCCCCC.[I-]. The molecular formula is C20H44INO. The molecule has 0 heterocycles. The van der Waals surface area contributed by atoms with Crippen LogP contribution in [0.2, 0.25) is 0 Å². The summed E-state index contributed by atoms with van der Waals surface area (Å²) in [6.45, 7) is 12.5. The van der Waals surface area contributed by atoms with Gasteiger partial charge >= 0.3 is 0 Å². The summed E-state index contributed by atoms with van der Waals surface area (Å²) >= 11 is 0. The Morgan fingerprint density at radius 3 is 1.26 bits per heavy atom. The predicted octanol–water partition coefficient (Wildman–Crippen LogP) is 2.54. The molecule has 142 valence electrons. The van der Waals surface area contributed by atoms with E-state index < -0.39 is 0 Å². The van der Waals surface area contributed by atoms with Crippen LogP contribution < -0.4 is 24.0 Å². The Bertz CT molecular complexity index is 212. The van der Waals surface area contributed by atoms with Gasteiger partial charge in [-0.15, -0.1) is 0 Å². The molecule has 0 atom stereocenters. The van der Waals surface area contributed by atoms with Gasteiger partial charge in [0.1, 0.15) is 0 Å². The topological polar surface area (TPSA) is 20.2 Å². The first-order valence-corrected chi connectivity index (χ1v) is 10.2. The normalized spacial score (nSPS) is 11.5. The van der Waals surface area contributed by atoms with E-state index in [1.165, 1.54) is 101 Å². The number of nitrogens with zero attached hydrogens (tertiary/aromatic N) is 1. The van der Waals surface area contributed by atoms with Crippen molar-refractivity contribution in [1.82, 2.24) is 0 Å². The zero-order chi connectivity index (χ0) is 16.5. The quantitative estimate of drug-likeness (QED) is 0.209. The Morgan fingerprint density at radius 2 is 0.870 bits per heavy atom. The minimum atomic E-state index is 0. The van der Waals surface area contributed by atoms with Gasteiger partial charge in [-0.05, 0) is 38.5 Å². The molecule has 0 aromatic rings. The predicted molar refractivity (Wildman–Crippen MR) is 99.2 cm³/mol. The van der Waals surface area contributed by atoms with E-state index in [9.17, 15) is 5.11 Å². The maximum atomic E-state index is 9.31. The molecule has 0 spiro atoms. The fourth-order valence-corrected chi connectivity index (χ4v) is 3.52. The highest BCUT2D eigenvalue weighted by atomic mass is 127. The van der Waals surface area contributed by atoms with Crippen LogP contribution in [-0.2, 0) is 0 Å². The monoisotopic (exact) mass is 441 g/mol. The average Bonchev–Trinajstić information content (AvgIpc) is 2.54. The molecule has 1 N–H and O–H groups in total. The Morgan fingerprint density at radius 1 is 0.522 bits per heavy atom. The number of aliphatic hydroxyl groups is 1. The van der Waals surface area contributed by atoms with Crippen LogP contribution in [0.1, 0.15) is 97.8 Å². The van der Waals surface area contributed by atoms with Gasteiger partial charge in [-0.25, -0.2) is 0 Å². The van der Waals surface area contributed by atoms with Crippen LogP contribution in [0.25, 0.3) is 0 Å². The molecule has 0 aliphatic carbocycles. The van der Waals surface area contributed by atoms with E-state index in [-0.39, 0.29) is 24.0 Å². The van der Waals surface area contributed by atoms with E-state index in [2.05, 4.69) is 20.8 Å². The molecule has 0 aliphatic heterocycles. The van der Waals surface area contributed by atoms with Crippen molar-refractivity contribution in [3.05, 3.63) is 0 Å². The van der Waals surface area contributed by atoms with Gasteiger partial charge in [-0.2, -0.15) is 0 Å². The molecule has 0 aromatic carbocycles.